The predicted molar refractivity (Wildman–Crippen MR) is 101 cm³/mol. The highest BCUT2D eigenvalue weighted by atomic mass is 32.1. The first-order chi connectivity index (χ1) is 12.7. The van der Waals surface area contributed by atoms with Crippen molar-refractivity contribution in [1.29, 1.82) is 0 Å². The van der Waals surface area contributed by atoms with Gasteiger partial charge in [0.05, 0.1) is 18.7 Å². The minimum absolute atomic E-state index is 0.0888. The first kappa shape index (κ1) is 16.6. The lowest BCUT2D eigenvalue weighted by atomic mass is 9.89. The molecule has 1 aromatic carbocycles. The molecule has 3 atom stereocenters. The molecule has 7 nitrogen and oxygen atoms in total. The molecule has 0 saturated carbocycles. The zero-order chi connectivity index (χ0) is 18.1. The van der Waals surface area contributed by atoms with Crippen LogP contribution in [0.3, 0.4) is 0 Å². The summed E-state index contributed by atoms with van der Waals surface area (Å²) in [6.45, 7) is 1.99. The normalized spacial score (nSPS) is 21.5. The van der Waals surface area contributed by atoms with Gasteiger partial charge < -0.3 is 15.4 Å². The number of aromatic nitrogens is 3. The third-order valence-electron chi connectivity index (χ3n) is 4.57. The Hall–Kier alpha value is -2.87. The summed E-state index contributed by atoms with van der Waals surface area (Å²) in [5.74, 6) is 0.866. The van der Waals surface area contributed by atoms with Gasteiger partial charge in [-0.05, 0) is 30.5 Å². The Morgan fingerprint density at radius 3 is 2.92 bits per heavy atom. The number of para-hydroxylation sites is 2. The Morgan fingerprint density at radius 2 is 2.15 bits per heavy atom. The molecule has 0 aliphatic carbocycles. The summed E-state index contributed by atoms with van der Waals surface area (Å²) in [6, 6.07) is 11.1. The minimum atomic E-state index is -0.354. The highest BCUT2D eigenvalue weighted by Gasteiger charge is 2.42. The topological polar surface area (TPSA) is 81.1 Å². The molecule has 0 fully saturated rings. The van der Waals surface area contributed by atoms with Crippen LogP contribution in [0.4, 0.5) is 11.6 Å². The molecule has 1 amide bonds. The second-order valence-electron chi connectivity index (χ2n) is 6.14. The van der Waals surface area contributed by atoms with Crippen LogP contribution >= 0.6 is 11.3 Å². The summed E-state index contributed by atoms with van der Waals surface area (Å²) in [4.78, 5) is 18.6. The molecule has 2 N–H and O–H groups in total. The average molecular weight is 369 g/mol. The molecule has 1 aliphatic heterocycles. The standard InChI is InChI=1S/C18H19N5O2S/c1-11-15(17(24)22-12-6-3-4-7-13(12)25-2)16(14-8-5-9-26-14)23-18(21-11)19-10-20-23/h3-11,15-16H,1-2H3,(H,22,24)(H,19,20,21)/t11-,15-,16-/m0/s1. The number of hydrogen-bond donors (Lipinski definition) is 2. The van der Waals surface area contributed by atoms with Crippen LogP contribution in [0.1, 0.15) is 17.8 Å². The smallest absolute Gasteiger partial charge is 0.232 e. The maximum absolute atomic E-state index is 13.2. The van der Waals surface area contributed by atoms with Gasteiger partial charge in [-0.25, -0.2) is 4.68 Å². The van der Waals surface area contributed by atoms with Gasteiger partial charge in [0.2, 0.25) is 11.9 Å². The van der Waals surface area contributed by atoms with Gasteiger partial charge in [0.1, 0.15) is 18.1 Å². The molecule has 0 bridgehead atoms. The van der Waals surface area contributed by atoms with Gasteiger partial charge in [-0.3, -0.25) is 4.79 Å². The van der Waals surface area contributed by atoms with Crippen molar-refractivity contribution < 1.29 is 9.53 Å². The van der Waals surface area contributed by atoms with Crippen molar-refractivity contribution in [3.63, 3.8) is 0 Å². The molecule has 3 heterocycles. The number of amides is 1. The Kier molecular flexibility index (Phi) is 4.34. The van der Waals surface area contributed by atoms with Crippen molar-refractivity contribution in [2.75, 3.05) is 17.7 Å². The molecule has 134 valence electrons. The number of carbonyl (C=O) groups is 1. The van der Waals surface area contributed by atoms with Crippen molar-refractivity contribution in [2.24, 2.45) is 5.92 Å². The fourth-order valence-corrected chi connectivity index (χ4v) is 4.22. The number of ether oxygens (including phenoxy) is 1. The highest BCUT2D eigenvalue weighted by Crippen LogP contribution is 2.38. The summed E-state index contributed by atoms with van der Waals surface area (Å²) < 4.78 is 7.14. The summed E-state index contributed by atoms with van der Waals surface area (Å²) in [5.41, 5.74) is 0.654. The number of fused-ring (bicyclic) bond motifs is 1. The molecule has 0 spiro atoms. The number of nitrogens with zero attached hydrogens (tertiary/aromatic N) is 3. The van der Waals surface area contributed by atoms with Crippen LogP contribution in [0.5, 0.6) is 5.75 Å². The van der Waals surface area contributed by atoms with Gasteiger partial charge in [-0.1, -0.05) is 18.2 Å². The minimum Gasteiger partial charge on any atom is -0.495 e. The average Bonchev–Trinajstić information content (AvgIpc) is 3.32. The van der Waals surface area contributed by atoms with Crippen LogP contribution in [0.25, 0.3) is 0 Å². The van der Waals surface area contributed by atoms with Crippen LogP contribution < -0.4 is 15.4 Å². The number of methoxy groups -OCH3 is 1. The van der Waals surface area contributed by atoms with Crippen molar-refractivity contribution in [1.82, 2.24) is 14.8 Å². The molecule has 4 rings (SSSR count). The first-order valence-electron chi connectivity index (χ1n) is 8.32. The molecule has 26 heavy (non-hydrogen) atoms. The number of carbonyl (C=O) groups excluding carboxylic acids is 1. The van der Waals surface area contributed by atoms with E-state index in [1.54, 1.807) is 23.1 Å². The van der Waals surface area contributed by atoms with Crippen molar-refractivity contribution >= 4 is 28.9 Å². The Morgan fingerprint density at radius 1 is 1.31 bits per heavy atom. The first-order valence-corrected chi connectivity index (χ1v) is 9.20. The van der Waals surface area contributed by atoms with Crippen LogP contribution in [-0.4, -0.2) is 33.8 Å². The number of anilines is 2. The number of nitrogens with one attached hydrogen (secondary N) is 2. The van der Waals surface area contributed by atoms with Crippen LogP contribution in [-0.2, 0) is 4.79 Å². The molecule has 0 saturated heterocycles. The molecule has 0 radical (unpaired) electrons. The van der Waals surface area contributed by atoms with Gasteiger partial charge >= 0.3 is 0 Å². The van der Waals surface area contributed by atoms with E-state index in [1.807, 2.05) is 48.7 Å². The number of benzene rings is 1. The third kappa shape index (κ3) is 2.82. The van der Waals surface area contributed by atoms with Gasteiger partial charge in [0.15, 0.2) is 0 Å². The van der Waals surface area contributed by atoms with E-state index in [0.717, 1.165) is 4.88 Å². The van der Waals surface area contributed by atoms with E-state index in [0.29, 0.717) is 17.4 Å². The number of thiophene rings is 1. The quantitative estimate of drug-likeness (QED) is 0.739. The highest BCUT2D eigenvalue weighted by molar-refractivity contribution is 7.10. The van der Waals surface area contributed by atoms with E-state index < -0.39 is 0 Å². The summed E-state index contributed by atoms with van der Waals surface area (Å²) >= 11 is 1.61. The second-order valence-corrected chi connectivity index (χ2v) is 7.12. The van der Waals surface area contributed by atoms with Crippen molar-refractivity contribution in [3.05, 3.63) is 53.0 Å². The molecule has 3 aromatic rings. The van der Waals surface area contributed by atoms with Gasteiger partial charge in [-0.15, -0.1) is 11.3 Å². The van der Waals surface area contributed by atoms with Crippen LogP contribution in [0.2, 0.25) is 0 Å². The Bertz CT molecular complexity index is 908. The maximum Gasteiger partial charge on any atom is 0.232 e. The molecule has 1 aliphatic rings. The van der Waals surface area contributed by atoms with Gasteiger partial charge in [0.25, 0.3) is 0 Å². The lowest BCUT2D eigenvalue weighted by Crippen LogP contribution is -2.46. The van der Waals surface area contributed by atoms with E-state index in [-0.39, 0.29) is 23.9 Å². The SMILES string of the molecule is COc1ccccc1NC(=O)[C@H]1[C@H](C)Nc2ncnn2[C@H]1c1cccs1. The lowest BCUT2D eigenvalue weighted by Gasteiger charge is -2.36. The third-order valence-corrected chi connectivity index (χ3v) is 5.52. The number of rotatable bonds is 4. The molecular formula is C18H19N5O2S. The summed E-state index contributed by atoms with van der Waals surface area (Å²) in [6.07, 6.45) is 1.51. The van der Waals surface area contributed by atoms with E-state index in [9.17, 15) is 4.79 Å². The zero-order valence-electron chi connectivity index (χ0n) is 14.4. The molecule has 2 aromatic heterocycles. The maximum atomic E-state index is 13.2. The van der Waals surface area contributed by atoms with Crippen molar-refractivity contribution in [2.45, 2.75) is 19.0 Å². The van der Waals surface area contributed by atoms with Crippen LogP contribution in [0.15, 0.2) is 48.1 Å². The summed E-state index contributed by atoms with van der Waals surface area (Å²) in [5, 5.41) is 12.6. The van der Waals surface area contributed by atoms with E-state index in [4.69, 9.17) is 4.74 Å². The molecular weight excluding hydrogens is 350 g/mol. The lowest BCUT2D eigenvalue weighted by molar-refractivity contribution is -0.121. The zero-order valence-corrected chi connectivity index (χ0v) is 15.2. The second kappa shape index (κ2) is 6.80. The molecule has 0 unspecified atom stereocenters. The molecule has 8 heteroatoms. The Labute approximate surface area is 155 Å². The van der Waals surface area contributed by atoms with E-state index in [1.165, 1.54) is 6.33 Å². The summed E-state index contributed by atoms with van der Waals surface area (Å²) in [7, 11) is 1.59. The predicted octanol–water partition coefficient (Wildman–Crippen LogP) is 3.01. The number of hydrogen-bond acceptors (Lipinski definition) is 6. The van der Waals surface area contributed by atoms with Crippen molar-refractivity contribution in [3.8, 4) is 5.75 Å². The monoisotopic (exact) mass is 369 g/mol. The fourth-order valence-electron chi connectivity index (χ4n) is 3.37. The fraction of sp³-hybridized carbons (Fsp3) is 0.278. The van der Waals surface area contributed by atoms with Crippen LogP contribution in [0, 0.1) is 5.92 Å². The van der Waals surface area contributed by atoms with Gasteiger partial charge in [0, 0.05) is 10.9 Å². The Balaban J connectivity index is 1.70. The van der Waals surface area contributed by atoms with E-state index in [2.05, 4.69) is 20.7 Å². The van der Waals surface area contributed by atoms with E-state index >= 15 is 0 Å². The largest absolute Gasteiger partial charge is 0.495 e. The van der Waals surface area contributed by atoms with Gasteiger partial charge in [-0.2, -0.15) is 10.1 Å².